The summed E-state index contributed by atoms with van der Waals surface area (Å²) < 4.78 is 19.0. The third kappa shape index (κ3) is 2.69. The number of ether oxygens (including phenoxy) is 1. The van der Waals surface area contributed by atoms with E-state index in [0.717, 1.165) is 0 Å². The second-order valence-corrected chi connectivity index (χ2v) is 5.22. The first-order chi connectivity index (χ1) is 9.45. The molecule has 1 aliphatic rings. The van der Waals surface area contributed by atoms with Crippen LogP contribution >= 0.6 is 15.9 Å². The SMILES string of the molecule is CCN1C(=O)COC(C(=O)O)C1c1ccc(Br)c(F)c1. The Morgan fingerprint density at radius 2 is 2.30 bits per heavy atom. The van der Waals surface area contributed by atoms with E-state index < -0.39 is 23.9 Å². The molecule has 1 aliphatic heterocycles. The highest BCUT2D eigenvalue weighted by molar-refractivity contribution is 9.10. The number of rotatable bonds is 3. The Kier molecular flexibility index (Phi) is 4.39. The van der Waals surface area contributed by atoms with E-state index in [0.29, 0.717) is 12.1 Å². The lowest BCUT2D eigenvalue weighted by molar-refractivity contribution is -0.172. The zero-order chi connectivity index (χ0) is 14.9. The standard InChI is InChI=1S/C13H13BrFNO4/c1-2-16-10(17)6-20-12(13(18)19)11(16)7-3-4-8(14)9(15)5-7/h3-5,11-12H,2,6H2,1H3,(H,18,19). The number of likely N-dealkylation sites (N-methyl/N-ethyl adjacent to an activating group) is 1. The number of morpholine rings is 1. The van der Waals surface area contributed by atoms with Crippen LogP contribution in [0.2, 0.25) is 0 Å². The van der Waals surface area contributed by atoms with Gasteiger partial charge < -0.3 is 14.7 Å². The van der Waals surface area contributed by atoms with Crippen LogP contribution in [0.3, 0.4) is 0 Å². The van der Waals surface area contributed by atoms with Gasteiger partial charge in [0, 0.05) is 6.54 Å². The van der Waals surface area contributed by atoms with E-state index in [-0.39, 0.29) is 17.0 Å². The fourth-order valence-electron chi connectivity index (χ4n) is 2.28. The molecular weight excluding hydrogens is 333 g/mol. The molecule has 2 unspecified atom stereocenters. The van der Waals surface area contributed by atoms with Crippen molar-refractivity contribution >= 4 is 27.8 Å². The quantitative estimate of drug-likeness (QED) is 0.909. The van der Waals surface area contributed by atoms with E-state index in [9.17, 15) is 19.1 Å². The van der Waals surface area contributed by atoms with E-state index in [1.54, 1.807) is 13.0 Å². The number of carboxylic acid groups (broad SMARTS) is 1. The van der Waals surface area contributed by atoms with Crippen molar-refractivity contribution in [1.82, 2.24) is 4.90 Å². The van der Waals surface area contributed by atoms with Crippen molar-refractivity contribution < 1.29 is 23.8 Å². The average molecular weight is 346 g/mol. The van der Waals surface area contributed by atoms with Gasteiger partial charge in [0.25, 0.3) is 0 Å². The van der Waals surface area contributed by atoms with Crippen molar-refractivity contribution in [3.05, 3.63) is 34.1 Å². The summed E-state index contributed by atoms with van der Waals surface area (Å²) in [5.41, 5.74) is 0.396. The number of amides is 1. The van der Waals surface area contributed by atoms with Crippen molar-refractivity contribution in [1.29, 1.82) is 0 Å². The molecule has 1 aromatic carbocycles. The first-order valence-corrected chi connectivity index (χ1v) is 6.83. The normalized spacial score (nSPS) is 22.9. The molecule has 108 valence electrons. The van der Waals surface area contributed by atoms with Gasteiger partial charge in [0.15, 0.2) is 6.10 Å². The molecule has 0 spiro atoms. The van der Waals surface area contributed by atoms with E-state index in [2.05, 4.69) is 15.9 Å². The third-order valence-electron chi connectivity index (χ3n) is 3.20. The van der Waals surface area contributed by atoms with E-state index >= 15 is 0 Å². The van der Waals surface area contributed by atoms with Crippen LogP contribution in [0.5, 0.6) is 0 Å². The lowest BCUT2D eigenvalue weighted by Gasteiger charge is -2.38. The second kappa shape index (κ2) is 5.88. The highest BCUT2D eigenvalue weighted by Crippen LogP contribution is 2.32. The van der Waals surface area contributed by atoms with Crippen LogP contribution in [0.25, 0.3) is 0 Å². The molecular formula is C13H13BrFNO4. The van der Waals surface area contributed by atoms with Crippen molar-refractivity contribution in [2.45, 2.75) is 19.1 Å². The molecule has 1 amide bonds. The van der Waals surface area contributed by atoms with Crippen LogP contribution in [0.4, 0.5) is 4.39 Å². The van der Waals surface area contributed by atoms with Crippen LogP contribution in [-0.4, -0.2) is 41.1 Å². The molecule has 0 aromatic heterocycles. The summed E-state index contributed by atoms with van der Waals surface area (Å²) in [6.07, 6.45) is -1.20. The maximum atomic E-state index is 13.7. The molecule has 0 aliphatic carbocycles. The first kappa shape index (κ1) is 14.9. The van der Waals surface area contributed by atoms with Crippen LogP contribution in [-0.2, 0) is 14.3 Å². The van der Waals surface area contributed by atoms with E-state index in [1.807, 2.05) is 0 Å². The predicted molar refractivity (Wildman–Crippen MR) is 71.6 cm³/mol. The van der Waals surface area contributed by atoms with Gasteiger partial charge in [-0.25, -0.2) is 9.18 Å². The number of hydrogen-bond acceptors (Lipinski definition) is 3. The Hall–Kier alpha value is -1.47. The van der Waals surface area contributed by atoms with E-state index in [4.69, 9.17) is 4.74 Å². The van der Waals surface area contributed by atoms with Crippen molar-refractivity contribution in [2.75, 3.05) is 13.2 Å². The maximum Gasteiger partial charge on any atom is 0.335 e. The van der Waals surface area contributed by atoms with Gasteiger partial charge in [0.2, 0.25) is 5.91 Å². The third-order valence-corrected chi connectivity index (χ3v) is 3.84. The largest absolute Gasteiger partial charge is 0.479 e. The monoisotopic (exact) mass is 345 g/mol. The highest BCUT2D eigenvalue weighted by Gasteiger charge is 2.41. The number of nitrogens with zero attached hydrogens (tertiary/aromatic N) is 1. The second-order valence-electron chi connectivity index (χ2n) is 4.37. The summed E-state index contributed by atoms with van der Waals surface area (Å²) in [7, 11) is 0. The lowest BCUT2D eigenvalue weighted by atomic mass is 9.97. The number of carboxylic acids is 1. The fourth-order valence-corrected chi connectivity index (χ4v) is 2.53. The number of aliphatic carboxylic acids is 1. The van der Waals surface area contributed by atoms with Gasteiger partial charge in [-0.3, -0.25) is 4.79 Å². The minimum atomic E-state index is -1.20. The summed E-state index contributed by atoms with van der Waals surface area (Å²) in [5.74, 6) is -2.00. The van der Waals surface area contributed by atoms with Crippen LogP contribution in [0.15, 0.2) is 22.7 Å². The molecule has 0 radical (unpaired) electrons. The molecule has 20 heavy (non-hydrogen) atoms. The number of carbonyl (C=O) groups excluding carboxylic acids is 1. The molecule has 1 aromatic rings. The molecule has 1 saturated heterocycles. The molecule has 7 heteroatoms. The molecule has 0 bridgehead atoms. The first-order valence-electron chi connectivity index (χ1n) is 6.04. The zero-order valence-corrected chi connectivity index (χ0v) is 12.3. The minimum Gasteiger partial charge on any atom is -0.479 e. The van der Waals surface area contributed by atoms with Gasteiger partial charge in [-0.2, -0.15) is 0 Å². The number of benzene rings is 1. The zero-order valence-electron chi connectivity index (χ0n) is 10.7. The Bertz CT molecular complexity index is 549. The summed E-state index contributed by atoms with van der Waals surface area (Å²) in [4.78, 5) is 24.5. The van der Waals surface area contributed by atoms with Crippen molar-refractivity contribution in [3.8, 4) is 0 Å². The Morgan fingerprint density at radius 1 is 1.60 bits per heavy atom. The van der Waals surface area contributed by atoms with Crippen LogP contribution in [0.1, 0.15) is 18.5 Å². The van der Waals surface area contributed by atoms with Crippen molar-refractivity contribution in [3.63, 3.8) is 0 Å². The minimum absolute atomic E-state index is 0.277. The number of halogens is 2. The van der Waals surface area contributed by atoms with Gasteiger partial charge in [-0.05, 0) is 40.5 Å². The van der Waals surface area contributed by atoms with Gasteiger partial charge in [-0.1, -0.05) is 6.07 Å². The number of hydrogen-bond donors (Lipinski definition) is 1. The molecule has 1 heterocycles. The molecule has 2 atom stereocenters. The molecule has 0 saturated carbocycles. The van der Waals surface area contributed by atoms with Crippen LogP contribution < -0.4 is 0 Å². The summed E-state index contributed by atoms with van der Waals surface area (Å²) in [6.45, 7) is 1.79. The molecule has 1 N–H and O–H groups in total. The summed E-state index contributed by atoms with van der Waals surface area (Å²) in [6, 6.07) is 3.45. The topological polar surface area (TPSA) is 66.8 Å². The fraction of sp³-hybridized carbons (Fsp3) is 0.385. The number of carbonyl (C=O) groups is 2. The average Bonchev–Trinajstić information content (AvgIpc) is 2.41. The lowest BCUT2D eigenvalue weighted by Crippen LogP contribution is -2.51. The summed E-state index contributed by atoms with van der Waals surface area (Å²) in [5, 5.41) is 9.23. The van der Waals surface area contributed by atoms with Crippen LogP contribution in [0, 0.1) is 5.82 Å². The summed E-state index contributed by atoms with van der Waals surface area (Å²) >= 11 is 3.04. The van der Waals surface area contributed by atoms with Gasteiger partial charge >= 0.3 is 5.97 Å². The highest BCUT2D eigenvalue weighted by atomic mass is 79.9. The smallest absolute Gasteiger partial charge is 0.335 e. The maximum absolute atomic E-state index is 13.7. The van der Waals surface area contributed by atoms with E-state index in [1.165, 1.54) is 17.0 Å². The molecule has 2 rings (SSSR count). The molecule has 5 nitrogen and oxygen atoms in total. The van der Waals surface area contributed by atoms with Gasteiger partial charge in [0.05, 0.1) is 10.5 Å². The predicted octanol–water partition coefficient (Wildman–Crippen LogP) is 1.96. The Morgan fingerprint density at radius 3 is 2.85 bits per heavy atom. The van der Waals surface area contributed by atoms with Gasteiger partial charge in [-0.15, -0.1) is 0 Å². The van der Waals surface area contributed by atoms with Crippen molar-refractivity contribution in [2.24, 2.45) is 0 Å². The van der Waals surface area contributed by atoms with Gasteiger partial charge in [0.1, 0.15) is 12.4 Å². The molecule has 1 fully saturated rings. The Balaban J connectivity index is 2.46. The Labute approximate surface area is 123 Å².